The number of hydrogen-bond acceptors (Lipinski definition) is 6. The highest BCUT2D eigenvalue weighted by Crippen LogP contribution is 2.23. The van der Waals surface area contributed by atoms with Crippen LogP contribution >= 0.6 is 0 Å². The van der Waals surface area contributed by atoms with Gasteiger partial charge in [0.15, 0.2) is 0 Å². The minimum Gasteiger partial charge on any atom is -0.491 e. The molecule has 2 aromatic heterocycles. The quantitative estimate of drug-likeness (QED) is 0.722. The van der Waals surface area contributed by atoms with Crippen LogP contribution in [-0.4, -0.2) is 34.0 Å². The van der Waals surface area contributed by atoms with E-state index in [4.69, 9.17) is 4.74 Å². The highest BCUT2D eigenvalue weighted by atomic mass is 16.5. The highest BCUT2D eigenvalue weighted by molar-refractivity contribution is 6.03. The lowest BCUT2D eigenvalue weighted by Crippen LogP contribution is -2.16. The third-order valence-corrected chi connectivity index (χ3v) is 3.00. The fourth-order valence-corrected chi connectivity index (χ4v) is 1.95. The smallest absolute Gasteiger partial charge is 0.274 e. The Morgan fingerprint density at radius 3 is 3.09 bits per heavy atom. The van der Waals surface area contributed by atoms with E-state index in [1.807, 2.05) is 12.2 Å². The number of aromatic nitrogens is 3. The second kappa shape index (κ2) is 6.66. The molecule has 2 bridgehead atoms. The fourth-order valence-electron chi connectivity index (χ4n) is 1.95. The Balaban J connectivity index is 1.92. The van der Waals surface area contributed by atoms with Crippen LogP contribution in [0.1, 0.15) is 16.9 Å². The summed E-state index contributed by atoms with van der Waals surface area (Å²) in [5, 5.41) is 5.80. The van der Waals surface area contributed by atoms with Crippen molar-refractivity contribution in [3.8, 4) is 5.75 Å². The number of pyridine rings is 1. The molecule has 2 N–H and O–H groups in total. The average molecular weight is 297 g/mol. The van der Waals surface area contributed by atoms with Gasteiger partial charge in [0.25, 0.3) is 5.91 Å². The molecule has 3 heterocycles. The Kier molecular flexibility index (Phi) is 4.24. The summed E-state index contributed by atoms with van der Waals surface area (Å²) in [4.78, 5) is 24.6. The number of amides is 1. The predicted molar refractivity (Wildman–Crippen MR) is 82.0 cm³/mol. The van der Waals surface area contributed by atoms with Gasteiger partial charge in [0.2, 0.25) is 5.95 Å². The first-order chi connectivity index (χ1) is 10.8. The maximum atomic E-state index is 12.3. The Labute approximate surface area is 127 Å². The first-order valence-corrected chi connectivity index (χ1v) is 6.93. The molecule has 0 saturated heterocycles. The molecular formula is C15H15N5O2. The molecule has 0 unspecified atom stereocenters. The number of hydrogen-bond donors (Lipinski definition) is 2. The van der Waals surface area contributed by atoms with Crippen LogP contribution in [0.15, 0.2) is 42.9 Å². The number of nitrogens with zero attached hydrogens (tertiary/aromatic N) is 3. The van der Waals surface area contributed by atoms with Gasteiger partial charge in [-0.05, 0) is 12.5 Å². The SMILES string of the molecule is O=C1Nc2cnccc2OCCC=CCNc2nccc1n2. The molecule has 0 radical (unpaired) electrons. The molecule has 0 atom stereocenters. The van der Waals surface area contributed by atoms with Gasteiger partial charge in [-0.2, -0.15) is 0 Å². The van der Waals surface area contributed by atoms with Gasteiger partial charge in [-0.1, -0.05) is 12.2 Å². The number of ether oxygens (including phenoxy) is 1. The maximum absolute atomic E-state index is 12.3. The van der Waals surface area contributed by atoms with Crippen molar-refractivity contribution < 1.29 is 9.53 Å². The minimum absolute atomic E-state index is 0.272. The van der Waals surface area contributed by atoms with Crippen molar-refractivity contribution in [2.24, 2.45) is 0 Å². The van der Waals surface area contributed by atoms with Crippen LogP contribution in [0.4, 0.5) is 11.6 Å². The molecule has 1 aliphatic heterocycles. The summed E-state index contributed by atoms with van der Waals surface area (Å²) in [5.41, 5.74) is 0.787. The van der Waals surface area contributed by atoms with Gasteiger partial charge >= 0.3 is 0 Å². The van der Waals surface area contributed by atoms with Crippen LogP contribution in [0.5, 0.6) is 5.75 Å². The monoisotopic (exact) mass is 297 g/mol. The van der Waals surface area contributed by atoms with Gasteiger partial charge in [0.1, 0.15) is 17.1 Å². The van der Waals surface area contributed by atoms with Gasteiger partial charge in [-0.3, -0.25) is 9.78 Å². The number of anilines is 2. The van der Waals surface area contributed by atoms with Crippen molar-refractivity contribution in [3.05, 3.63) is 48.6 Å². The van der Waals surface area contributed by atoms with E-state index >= 15 is 0 Å². The van der Waals surface area contributed by atoms with Crippen LogP contribution in [0.2, 0.25) is 0 Å². The lowest BCUT2D eigenvalue weighted by Gasteiger charge is -2.12. The second-order valence-electron chi connectivity index (χ2n) is 4.58. The summed E-state index contributed by atoms with van der Waals surface area (Å²) < 4.78 is 5.68. The van der Waals surface area contributed by atoms with E-state index in [2.05, 4.69) is 25.6 Å². The van der Waals surface area contributed by atoms with Gasteiger partial charge in [-0.15, -0.1) is 0 Å². The summed E-state index contributed by atoms with van der Waals surface area (Å²) in [5.74, 6) is 0.661. The normalized spacial score (nSPS) is 14.8. The van der Waals surface area contributed by atoms with E-state index in [9.17, 15) is 4.79 Å². The van der Waals surface area contributed by atoms with E-state index in [-0.39, 0.29) is 11.6 Å². The predicted octanol–water partition coefficient (Wildman–Crippen LogP) is 1.87. The van der Waals surface area contributed by atoms with Crippen LogP contribution < -0.4 is 15.4 Å². The molecular weight excluding hydrogens is 282 g/mol. The van der Waals surface area contributed by atoms with E-state index in [0.29, 0.717) is 30.5 Å². The van der Waals surface area contributed by atoms with E-state index in [0.717, 1.165) is 6.42 Å². The zero-order chi connectivity index (χ0) is 15.2. The Morgan fingerprint density at radius 2 is 2.14 bits per heavy atom. The van der Waals surface area contributed by atoms with E-state index in [1.54, 1.807) is 30.7 Å². The van der Waals surface area contributed by atoms with Crippen LogP contribution in [-0.2, 0) is 0 Å². The number of nitrogens with one attached hydrogen (secondary N) is 2. The lowest BCUT2D eigenvalue weighted by atomic mass is 10.3. The summed E-state index contributed by atoms with van der Waals surface area (Å²) in [6, 6.07) is 3.28. The van der Waals surface area contributed by atoms with Crippen molar-refractivity contribution in [1.29, 1.82) is 0 Å². The molecule has 7 nitrogen and oxygen atoms in total. The second-order valence-corrected chi connectivity index (χ2v) is 4.58. The third kappa shape index (κ3) is 3.38. The molecule has 0 aliphatic carbocycles. The number of carbonyl (C=O) groups excluding carboxylic acids is 1. The van der Waals surface area contributed by atoms with Crippen LogP contribution in [0.3, 0.4) is 0 Å². The molecule has 1 amide bonds. The summed E-state index contributed by atoms with van der Waals surface area (Å²) in [6.45, 7) is 1.11. The van der Waals surface area contributed by atoms with Crippen LogP contribution in [0, 0.1) is 0 Å². The topological polar surface area (TPSA) is 89.0 Å². The fraction of sp³-hybridized carbons (Fsp3) is 0.200. The Hall–Kier alpha value is -2.96. The standard InChI is InChI=1S/C15H15N5O2/c21-14-11-4-8-18-15(20-11)17-6-2-1-3-9-22-13-5-7-16-10-12(13)19-14/h1-2,4-5,7-8,10H,3,6,9H2,(H,19,21)(H,17,18,20). The molecule has 0 spiro atoms. The first-order valence-electron chi connectivity index (χ1n) is 6.93. The number of fused-ring (bicyclic) bond motifs is 3. The lowest BCUT2D eigenvalue weighted by molar-refractivity contribution is 0.102. The number of rotatable bonds is 0. The molecule has 112 valence electrons. The molecule has 0 saturated carbocycles. The molecule has 0 fully saturated rings. The molecule has 0 aromatic carbocycles. The largest absolute Gasteiger partial charge is 0.491 e. The van der Waals surface area contributed by atoms with Crippen molar-refractivity contribution in [2.75, 3.05) is 23.8 Å². The van der Waals surface area contributed by atoms with Crippen molar-refractivity contribution in [1.82, 2.24) is 15.0 Å². The Morgan fingerprint density at radius 1 is 1.18 bits per heavy atom. The third-order valence-electron chi connectivity index (χ3n) is 3.00. The average Bonchev–Trinajstić information content (AvgIpc) is 2.55. The van der Waals surface area contributed by atoms with Crippen LogP contribution in [0.25, 0.3) is 0 Å². The zero-order valence-electron chi connectivity index (χ0n) is 11.8. The van der Waals surface area contributed by atoms with Crippen molar-refractivity contribution in [2.45, 2.75) is 6.42 Å². The maximum Gasteiger partial charge on any atom is 0.274 e. The number of carbonyl (C=O) groups is 1. The molecule has 7 heteroatoms. The van der Waals surface area contributed by atoms with E-state index in [1.165, 1.54) is 0 Å². The van der Waals surface area contributed by atoms with Crippen molar-refractivity contribution in [3.63, 3.8) is 0 Å². The summed E-state index contributed by atoms with van der Waals surface area (Å²) in [6.07, 6.45) is 9.46. The van der Waals surface area contributed by atoms with Gasteiger partial charge in [0, 0.05) is 25.0 Å². The molecule has 22 heavy (non-hydrogen) atoms. The van der Waals surface area contributed by atoms with Crippen molar-refractivity contribution >= 4 is 17.5 Å². The van der Waals surface area contributed by atoms with E-state index < -0.39 is 0 Å². The minimum atomic E-state index is -0.337. The van der Waals surface area contributed by atoms with Gasteiger partial charge in [0.05, 0.1) is 12.8 Å². The Bertz CT molecular complexity index is 702. The summed E-state index contributed by atoms with van der Waals surface area (Å²) >= 11 is 0. The first kappa shape index (κ1) is 14.0. The summed E-state index contributed by atoms with van der Waals surface area (Å²) in [7, 11) is 0. The molecule has 2 aromatic rings. The van der Waals surface area contributed by atoms with Gasteiger partial charge in [-0.25, -0.2) is 9.97 Å². The highest BCUT2D eigenvalue weighted by Gasteiger charge is 2.12. The molecule has 3 rings (SSSR count). The molecule has 1 aliphatic rings. The zero-order valence-corrected chi connectivity index (χ0v) is 11.8. The van der Waals surface area contributed by atoms with Gasteiger partial charge < -0.3 is 15.4 Å².